The van der Waals surface area contributed by atoms with Crippen molar-refractivity contribution in [1.29, 1.82) is 0 Å². The molecule has 25 heavy (non-hydrogen) atoms. The van der Waals surface area contributed by atoms with Gasteiger partial charge in [0.15, 0.2) is 0 Å². The maximum Gasteiger partial charge on any atom is 0.258 e. The lowest BCUT2D eigenvalue weighted by molar-refractivity contribution is 0.0984. The Morgan fingerprint density at radius 1 is 0.800 bits per heavy atom. The van der Waals surface area contributed by atoms with E-state index in [0.717, 1.165) is 16.8 Å². The van der Waals surface area contributed by atoms with Gasteiger partial charge in [-0.05, 0) is 41.3 Å². The van der Waals surface area contributed by atoms with Gasteiger partial charge in [-0.1, -0.05) is 74.5 Å². The summed E-state index contributed by atoms with van der Waals surface area (Å²) in [6, 6.07) is 27.9. The lowest BCUT2D eigenvalue weighted by atomic mass is 10.0. The second-order valence-corrected chi connectivity index (χ2v) is 6.59. The van der Waals surface area contributed by atoms with Gasteiger partial charge < -0.3 is 4.90 Å². The summed E-state index contributed by atoms with van der Waals surface area (Å²) in [5.41, 5.74) is 3.83. The first-order chi connectivity index (χ1) is 12.1. The Hall–Kier alpha value is -2.87. The third-order valence-corrected chi connectivity index (χ3v) is 4.08. The quantitative estimate of drug-likeness (QED) is 0.592. The number of nitrogens with zero attached hydrogens (tertiary/aromatic N) is 1. The SMILES string of the molecule is CC(C)CN(C(=O)c1cccc(-c2ccccc2)c1)c1ccccc1. The fraction of sp³-hybridized carbons (Fsp3) is 0.174. The van der Waals surface area contributed by atoms with Gasteiger partial charge in [0.2, 0.25) is 0 Å². The van der Waals surface area contributed by atoms with Crippen LogP contribution in [0.15, 0.2) is 84.9 Å². The molecule has 2 heteroatoms. The van der Waals surface area contributed by atoms with E-state index in [4.69, 9.17) is 0 Å². The molecule has 3 aromatic carbocycles. The molecule has 0 saturated heterocycles. The van der Waals surface area contributed by atoms with Crippen LogP contribution in [0.25, 0.3) is 11.1 Å². The first-order valence-electron chi connectivity index (χ1n) is 8.67. The van der Waals surface area contributed by atoms with Crippen LogP contribution in [0.2, 0.25) is 0 Å². The molecule has 0 aliphatic carbocycles. The number of benzene rings is 3. The highest BCUT2D eigenvalue weighted by molar-refractivity contribution is 6.06. The molecule has 0 spiro atoms. The normalized spacial score (nSPS) is 10.7. The van der Waals surface area contributed by atoms with Crippen molar-refractivity contribution < 1.29 is 4.79 Å². The molecular weight excluding hydrogens is 306 g/mol. The van der Waals surface area contributed by atoms with Crippen LogP contribution in [-0.4, -0.2) is 12.5 Å². The summed E-state index contributed by atoms with van der Waals surface area (Å²) in [7, 11) is 0. The van der Waals surface area contributed by atoms with Crippen molar-refractivity contribution in [2.75, 3.05) is 11.4 Å². The first kappa shape index (κ1) is 17.0. The monoisotopic (exact) mass is 329 g/mol. The number of hydrogen-bond acceptors (Lipinski definition) is 1. The van der Waals surface area contributed by atoms with Crippen molar-refractivity contribution in [3.63, 3.8) is 0 Å². The number of hydrogen-bond donors (Lipinski definition) is 0. The van der Waals surface area contributed by atoms with Gasteiger partial charge in [-0.15, -0.1) is 0 Å². The fourth-order valence-electron chi connectivity index (χ4n) is 2.90. The lowest BCUT2D eigenvalue weighted by Crippen LogP contribution is -2.34. The van der Waals surface area contributed by atoms with Crippen molar-refractivity contribution >= 4 is 11.6 Å². The molecule has 0 heterocycles. The summed E-state index contributed by atoms with van der Waals surface area (Å²) in [6.45, 7) is 4.95. The Morgan fingerprint density at radius 2 is 1.40 bits per heavy atom. The standard InChI is InChI=1S/C23H23NO/c1-18(2)17-24(22-14-7-4-8-15-22)23(25)21-13-9-12-20(16-21)19-10-5-3-6-11-19/h3-16,18H,17H2,1-2H3. The van der Waals surface area contributed by atoms with Crippen LogP contribution in [0.5, 0.6) is 0 Å². The maximum atomic E-state index is 13.2. The molecule has 0 radical (unpaired) electrons. The summed E-state index contributed by atoms with van der Waals surface area (Å²) in [6.07, 6.45) is 0. The number of para-hydroxylation sites is 1. The van der Waals surface area contributed by atoms with Gasteiger partial charge in [-0.2, -0.15) is 0 Å². The predicted octanol–water partition coefficient (Wildman–Crippen LogP) is 5.66. The number of carbonyl (C=O) groups excluding carboxylic acids is 1. The minimum Gasteiger partial charge on any atom is -0.308 e. The van der Waals surface area contributed by atoms with Crippen LogP contribution in [0.1, 0.15) is 24.2 Å². The molecule has 0 fully saturated rings. The topological polar surface area (TPSA) is 20.3 Å². The molecule has 0 aromatic heterocycles. The predicted molar refractivity (Wildman–Crippen MR) is 105 cm³/mol. The minimum atomic E-state index is 0.0395. The van der Waals surface area contributed by atoms with E-state index < -0.39 is 0 Å². The summed E-state index contributed by atoms with van der Waals surface area (Å²) in [5.74, 6) is 0.430. The minimum absolute atomic E-state index is 0.0395. The Labute approximate surface area is 149 Å². The zero-order valence-electron chi connectivity index (χ0n) is 14.7. The van der Waals surface area contributed by atoms with E-state index in [9.17, 15) is 4.79 Å². The smallest absolute Gasteiger partial charge is 0.258 e. The molecule has 126 valence electrons. The molecule has 0 atom stereocenters. The van der Waals surface area contributed by atoms with E-state index >= 15 is 0 Å². The molecule has 0 aliphatic rings. The third-order valence-electron chi connectivity index (χ3n) is 4.08. The number of rotatable bonds is 5. The summed E-state index contributed by atoms with van der Waals surface area (Å²) in [5, 5.41) is 0. The largest absolute Gasteiger partial charge is 0.308 e. The van der Waals surface area contributed by atoms with Crippen LogP contribution in [-0.2, 0) is 0 Å². The van der Waals surface area contributed by atoms with Crippen molar-refractivity contribution in [3.8, 4) is 11.1 Å². The number of carbonyl (C=O) groups is 1. The highest BCUT2D eigenvalue weighted by atomic mass is 16.2. The lowest BCUT2D eigenvalue weighted by Gasteiger charge is -2.25. The van der Waals surface area contributed by atoms with Gasteiger partial charge in [0.1, 0.15) is 0 Å². The van der Waals surface area contributed by atoms with Crippen LogP contribution < -0.4 is 4.90 Å². The van der Waals surface area contributed by atoms with E-state index in [0.29, 0.717) is 18.0 Å². The van der Waals surface area contributed by atoms with Gasteiger partial charge in [-0.3, -0.25) is 4.79 Å². The van der Waals surface area contributed by atoms with Gasteiger partial charge in [0.25, 0.3) is 5.91 Å². The average Bonchev–Trinajstić information content (AvgIpc) is 2.67. The van der Waals surface area contributed by atoms with E-state index in [1.54, 1.807) is 0 Å². The Bertz CT molecular complexity index is 825. The van der Waals surface area contributed by atoms with E-state index in [-0.39, 0.29) is 5.91 Å². The molecule has 2 nitrogen and oxygen atoms in total. The highest BCUT2D eigenvalue weighted by Gasteiger charge is 2.19. The van der Waals surface area contributed by atoms with Gasteiger partial charge in [0.05, 0.1) is 0 Å². The number of anilines is 1. The average molecular weight is 329 g/mol. The molecule has 0 bridgehead atoms. The van der Waals surface area contributed by atoms with Crippen LogP contribution >= 0.6 is 0 Å². The van der Waals surface area contributed by atoms with Gasteiger partial charge >= 0.3 is 0 Å². The molecule has 0 saturated carbocycles. The van der Waals surface area contributed by atoms with Crippen molar-refractivity contribution in [1.82, 2.24) is 0 Å². The molecule has 0 aliphatic heterocycles. The zero-order chi connectivity index (χ0) is 17.6. The van der Waals surface area contributed by atoms with Crippen molar-refractivity contribution in [3.05, 3.63) is 90.5 Å². The molecule has 3 rings (SSSR count). The molecule has 0 unspecified atom stereocenters. The van der Waals surface area contributed by atoms with Crippen molar-refractivity contribution in [2.45, 2.75) is 13.8 Å². The van der Waals surface area contributed by atoms with Crippen molar-refractivity contribution in [2.24, 2.45) is 5.92 Å². The van der Waals surface area contributed by atoms with E-state index in [2.05, 4.69) is 26.0 Å². The molecule has 0 N–H and O–H groups in total. The number of amides is 1. The van der Waals surface area contributed by atoms with E-state index in [1.807, 2.05) is 77.7 Å². The van der Waals surface area contributed by atoms with Gasteiger partial charge in [-0.25, -0.2) is 0 Å². The Kier molecular flexibility index (Phi) is 5.30. The summed E-state index contributed by atoms with van der Waals surface area (Å²) in [4.78, 5) is 15.1. The fourth-order valence-corrected chi connectivity index (χ4v) is 2.90. The molecular formula is C23H23NO. The Morgan fingerprint density at radius 3 is 2.04 bits per heavy atom. The highest BCUT2D eigenvalue weighted by Crippen LogP contribution is 2.23. The maximum absolute atomic E-state index is 13.2. The molecule has 3 aromatic rings. The Balaban J connectivity index is 1.95. The van der Waals surface area contributed by atoms with Crippen LogP contribution in [0.3, 0.4) is 0 Å². The third kappa shape index (κ3) is 4.16. The summed E-state index contributed by atoms with van der Waals surface area (Å²) >= 11 is 0. The first-order valence-corrected chi connectivity index (χ1v) is 8.67. The van der Waals surface area contributed by atoms with Crippen LogP contribution in [0.4, 0.5) is 5.69 Å². The zero-order valence-corrected chi connectivity index (χ0v) is 14.7. The van der Waals surface area contributed by atoms with E-state index in [1.165, 1.54) is 0 Å². The summed E-state index contributed by atoms with van der Waals surface area (Å²) < 4.78 is 0. The second kappa shape index (κ2) is 7.80. The molecule has 1 amide bonds. The van der Waals surface area contributed by atoms with Crippen LogP contribution in [0, 0.1) is 5.92 Å². The second-order valence-electron chi connectivity index (χ2n) is 6.59. The van der Waals surface area contributed by atoms with Gasteiger partial charge in [0, 0.05) is 17.8 Å².